The summed E-state index contributed by atoms with van der Waals surface area (Å²) in [6.07, 6.45) is 5.00. The average Bonchev–Trinajstić information content (AvgIpc) is 2.54. The van der Waals surface area contributed by atoms with Crippen LogP contribution in [0.5, 0.6) is 0 Å². The molecule has 0 atom stereocenters. The molecule has 1 N–H and O–H groups in total. The van der Waals surface area contributed by atoms with Crippen molar-refractivity contribution in [3.63, 3.8) is 0 Å². The predicted octanol–water partition coefficient (Wildman–Crippen LogP) is 3.54. The molecule has 2 aromatic heterocycles. The number of rotatable bonds is 0. The third kappa shape index (κ3) is 1.43. The summed E-state index contributed by atoms with van der Waals surface area (Å²) >= 11 is 7.22. The molecule has 0 aromatic carbocycles. The van der Waals surface area contributed by atoms with Crippen molar-refractivity contribution in [2.45, 2.75) is 32.6 Å². The maximum absolute atomic E-state index is 5.39. The summed E-state index contributed by atoms with van der Waals surface area (Å²) in [5.74, 6) is 0.922. The van der Waals surface area contributed by atoms with Crippen LogP contribution in [-0.4, -0.2) is 9.97 Å². The molecule has 2 aromatic rings. The van der Waals surface area contributed by atoms with Crippen LogP contribution in [0.3, 0.4) is 0 Å². The second-order valence-electron chi connectivity index (χ2n) is 4.04. The van der Waals surface area contributed by atoms with Crippen LogP contribution in [0, 0.1) is 11.6 Å². The van der Waals surface area contributed by atoms with Crippen molar-refractivity contribution in [3.05, 3.63) is 20.9 Å². The van der Waals surface area contributed by atoms with Gasteiger partial charge in [0.25, 0.3) is 0 Å². The first-order valence-electron chi connectivity index (χ1n) is 5.27. The minimum Gasteiger partial charge on any atom is -0.334 e. The summed E-state index contributed by atoms with van der Waals surface area (Å²) < 4.78 is 0.872. The molecule has 0 amide bonds. The van der Waals surface area contributed by atoms with Gasteiger partial charge in [-0.05, 0) is 38.2 Å². The normalized spacial score (nSPS) is 15.5. The fourth-order valence-corrected chi connectivity index (χ4v) is 4.02. The molecule has 15 heavy (non-hydrogen) atoms. The Labute approximate surface area is 97.4 Å². The molecule has 0 spiro atoms. The van der Waals surface area contributed by atoms with Gasteiger partial charge in [0.05, 0.1) is 0 Å². The van der Waals surface area contributed by atoms with Gasteiger partial charge in [-0.15, -0.1) is 11.3 Å². The molecule has 0 radical (unpaired) electrons. The van der Waals surface area contributed by atoms with Crippen LogP contribution >= 0.6 is 23.6 Å². The highest BCUT2D eigenvalue weighted by Crippen LogP contribution is 2.35. The van der Waals surface area contributed by atoms with Crippen LogP contribution in [0.2, 0.25) is 0 Å². The van der Waals surface area contributed by atoms with Gasteiger partial charge in [0.15, 0.2) is 0 Å². The van der Waals surface area contributed by atoms with Crippen LogP contribution in [0.4, 0.5) is 0 Å². The largest absolute Gasteiger partial charge is 0.334 e. The number of nitrogens with one attached hydrogen (secondary N) is 1. The number of fused-ring (bicyclic) bond motifs is 3. The second-order valence-corrected chi connectivity index (χ2v) is 5.53. The van der Waals surface area contributed by atoms with Crippen molar-refractivity contribution in [2.75, 3.05) is 0 Å². The van der Waals surface area contributed by atoms with E-state index in [9.17, 15) is 0 Å². The Morgan fingerprint density at radius 2 is 2.13 bits per heavy atom. The number of hydrogen-bond donors (Lipinski definition) is 1. The van der Waals surface area contributed by atoms with Gasteiger partial charge in [-0.1, -0.05) is 12.2 Å². The standard InChI is InChI=1S/C11H12N2S2/c1-6-12-10(14)9-7-4-2-3-5-8(7)15-11(9)13-6/h2-5H2,1H3,(H,12,13,14). The Hall–Kier alpha value is -0.740. The van der Waals surface area contributed by atoms with E-state index in [1.54, 1.807) is 0 Å². The molecule has 0 saturated carbocycles. The van der Waals surface area contributed by atoms with E-state index in [4.69, 9.17) is 12.2 Å². The Morgan fingerprint density at radius 3 is 3.00 bits per heavy atom. The molecule has 0 unspecified atom stereocenters. The number of aromatic nitrogens is 2. The highest BCUT2D eigenvalue weighted by atomic mass is 32.1. The van der Waals surface area contributed by atoms with E-state index in [0.29, 0.717) is 0 Å². The maximum Gasteiger partial charge on any atom is 0.128 e. The molecular weight excluding hydrogens is 224 g/mol. The number of aryl methyl sites for hydroxylation is 3. The lowest BCUT2D eigenvalue weighted by molar-refractivity contribution is 0.700. The SMILES string of the molecule is Cc1nc2sc3c(c2c(=S)[nH]1)CCCC3. The van der Waals surface area contributed by atoms with Gasteiger partial charge in [-0.2, -0.15) is 0 Å². The molecule has 4 heteroatoms. The van der Waals surface area contributed by atoms with Gasteiger partial charge in [0.1, 0.15) is 15.3 Å². The molecular formula is C11H12N2S2. The number of aromatic amines is 1. The smallest absolute Gasteiger partial charge is 0.128 e. The zero-order chi connectivity index (χ0) is 10.4. The van der Waals surface area contributed by atoms with Gasteiger partial charge in [-0.3, -0.25) is 0 Å². The van der Waals surface area contributed by atoms with Crippen molar-refractivity contribution >= 4 is 33.8 Å². The van der Waals surface area contributed by atoms with E-state index < -0.39 is 0 Å². The molecule has 0 saturated heterocycles. The Morgan fingerprint density at radius 1 is 1.33 bits per heavy atom. The lowest BCUT2D eigenvalue weighted by Crippen LogP contribution is -1.98. The zero-order valence-corrected chi connectivity index (χ0v) is 10.2. The zero-order valence-electron chi connectivity index (χ0n) is 8.59. The third-order valence-electron chi connectivity index (χ3n) is 2.94. The molecule has 0 fully saturated rings. The van der Waals surface area contributed by atoms with Gasteiger partial charge < -0.3 is 4.98 Å². The Bertz CT molecular complexity index is 580. The molecule has 3 rings (SSSR count). The van der Waals surface area contributed by atoms with E-state index in [1.165, 1.54) is 41.5 Å². The Kier molecular flexibility index (Phi) is 2.14. The summed E-state index contributed by atoms with van der Waals surface area (Å²) in [6, 6.07) is 0. The fraction of sp³-hybridized carbons (Fsp3) is 0.455. The monoisotopic (exact) mass is 236 g/mol. The number of thiophene rings is 1. The van der Waals surface area contributed by atoms with Gasteiger partial charge in [0.2, 0.25) is 0 Å². The van der Waals surface area contributed by atoms with Gasteiger partial charge in [0, 0.05) is 10.3 Å². The molecule has 2 nitrogen and oxygen atoms in total. The lowest BCUT2D eigenvalue weighted by Gasteiger charge is -2.09. The number of hydrogen-bond acceptors (Lipinski definition) is 3. The lowest BCUT2D eigenvalue weighted by atomic mass is 9.97. The van der Waals surface area contributed by atoms with Crippen molar-refractivity contribution < 1.29 is 0 Å². The van der Waals surface area contributed by atoms with Crippen LogP contribution in [0.15, 0.2) is 0 Å². The van der Waals surface area contributed by atoms with Crippen molar-refractivity contribution in [1.29, 1.82) is 0 Å². The minimum atomic E-state index is 0.872. The topological polar surface area (TPSA) is 28.7 Å². The van der Waals surface area contributed by atoms with Crippen LogP contribution in [0.1, 0.15) is 29.1 Å². The molecule has 0 aliphatic heterocycles. The summed E-state index contributed by atoms with van der Waals surface area (Å²) in [4.78, 5) is 10.3. The van der Waals surface area contributed by atoms with Crippen molar-refractivity contribution in [3.8, 4) is 0 Å². The maximum atomic E-state index is 5.39. The van der Waals surface area contributed by atoms with Gasteiger partial charge in [-0.25, -0.2) is 4.98 Å². The van der Waals surface area contributed by atoms with E-state index >= 15 is 0 Å². The van der Waals surface area contributed by atoms with Crippen molar-refractivity contribution in [2.24, 2.45) is 0 Å². The highest BCUT2D eigenvalue weighted by Gasteiger charge is 2.17. The van der Waals surface area contributed by atoms with Gasteiger partial charge >= 0.3 is 0 Å². The van der Waals surface area contributed by atoms with E-state index in [1.807, 2.05) is 18.3 Å². The van der Waals surface area contributed by atoms with E-state index in [2.05, 4.69) is 9.97 Å². The van der Waals surface area contributed by atoms with Crippen molar-refractivity contribution in [1.82, 2.24) is 9.97 Å². The fourth-order valence-electron chi connectivity index (χ4n) is 2.27. The first kappa shape index (κ1) is 9.48. The number of H-pyrrole nitrogens is 1. The van der Waals surface area contributed by atoms with Crippen LogP contribution < -0.4 is 0 Å². The Balaban J connectivity index is 2.42. The predicted molar refractivity (Wildman–Crippen MR) is 66.2 cm³/mol. The van der Waals surface area contributed by atoms with E-state index in [0.717, 1.165) is 15.3 Å². The van der Waals surface area contributed by atoms with Crippen LogP contribution in [0.25, 0.3) is 10.2 Å². The highest BCUT2D eigenvalue weighted by molar-refractivity contribution is 7.71. The van der Waals surface area contributed by atoms with Crippen LogP contribution in [-0.2, 0) is 12.8 Å². The van der Waals surface area contributed by atoms with E-state index in [-0.39, 0.29) is 0 Å². The quantitative estimate of drug-likeness (QED) is 0.709. The minimum absolute atomic E-state index is 0.872. The summed E-state index contributed by atoms with van der Waals surface area (Å²) in [5.41, 5.74) is 1.47. The molecule has 0 bridgehead atoms. The molecule has 1 aliphatic carbocycles. The first-order valence-corrected chi connectivity index (χ1v) is 6.49. The first-order chi connectivity index (χ1) is 7.25. The molecule has 1 aliphatic rings. The summed E-state index contributed by atoms with van der Waals surface area (Å²) in [6.45, 7) is 1.97. The summed E-state index contributed by atoms with van der Waals surface area (Å²) in [5, 5.41) is 1.22. The summed E-state index contributed by atoms with van der Waals surface area (Å²) in [7, 11) is 0. The molecule has 2 heterocycles. The average molecular weight is 236 g/mol. The molecule has 78 valence electrons. The number of nitrogens with zero attached hydrogens (tertiary/aromatic N) is 1. The second kappa shape index (κ2) is 3.39. The third-order valence-corrected chi connectivity index (χ3v) is 4.44.